The van der Waals surface area contributed by atoms with Crippen molar-refractivity contribution in [3.05, 3.63) is 0 Å². The lowest BCUT2D eigenvalue weighted by atomic mass is 9.90. The minimum Gasteiger partial charge on any atom is -0.394 e. The minimum atomic E-state index is -1.26. The molecule has 1 fully saturated rings. The molecule has 0 saturated carbocycles. The van der Waals surface area contributed by atoms with Gasteiger partial charge < -0.3 is 25.2 Å². The first-order valence-corrected chi connectivity index (χ1v) is 4.79. The van der Waals surface area contributed by atoms with Crippen LogP contribution in [-0.4, -0.2) is 57.6 Å². The van der Waals surface area contributed by atoms with Crippen LogP contribution in [0.15, 0.2) is 0 Å². The molecule has 0 bridgehead atoms. The molecule has 1 aliphatic heterocycles. The van der Waals surface area contributed by atoms with Crippen molar-refractivity contribution in [3.63, 3.8) is 0 Å². The topological polar surface area (TPSA) is 90.2 Å². The van der Waals surface area contributed by atoms with Crippen molar-refractivity contribution in [1.29, 1.82) is 0 Å². The van der Waals surface area contributed by atoms with Crippen molar-refractivity contribution in [1.82, 2.24) is 0 Å². The summed E-state index contributed by atoms with van der Waals surface area (Å²) in [4.78, 5) is 0. The quantitative estimate of drug-likeness (QED) is 0.441. The Labute approximate surface area is 82.9 Å². The van der Waals surface area contributed by atoms with Crippen LogP contribution >= 0.6 is 0 Å². The van der Waals surface area contributed by atoms with Crippen molar-refractivity contribution in [3.8, 4) is 0 Å². The van der Waals surface area contributed by atoms with Crippen molar-refractivity contribution in [2.24, 2.45) is 5.92 Å². The molecule has 5 atom stereocenters. The van der Waals surface area contributed by atoms with Gasteiger partial charge in [-0.05, 0) is 5.92 Å². The average molecular weight is 206 g/mol. The molecule has 0 aromatic carbocycles. The Balaban J connectivity index is 2.73. The van der Waals surface area contributed by atoms with Crippen molar-refractivity contribution < 1.29 is 25.2 Å². The molecule has 0 amide bonds. The zero-order chi connectivity index (χ0) is 10.9. The fourth-order valence-corrected chi connectivity index (χ4v) is 1.68. The van der Waals surface area contributed by atoms with Crippen LogP contribution in [0.5, 0.6) is 0 Å². The molecular weight excluding hydrogens is 188 g/mol. The Morgan fingerprint density at radius 1 is 1.07 bits per heavy atom. The van der Waals surface area contributed by atoms with Gasteiger partial charge in [-0.25, -0.2) is 0 Å². The molecule has 1 rings (SSSR count). The first-order chi connectivity index (χ1) is 6.49. The van der Waals surface area contributed by atoms with Crippen LogP contribution in [0, 0.1) is 5.92 Å². The van der Waals surface area contributed by atoms with Crippen LogP contribution in [0.2, 0.25) is 0 Å². The van der Waals surface area contributed by atoms with E-state index < -0.39 is 30.5 Å². The molecule has 14 heavy (non-hydrogen) atoms. The molecule has 1 heterocycles. The second kappa shape index (κ2) is 4.55. The molecule has 0 aliphatic carbocycles. The third-order valence-electron chi connectivity index (χ3n) is 2.59. The van der Waals surface area contributed by atoms with Gasteiger partial charge in [0.25, 0.3) is 0 Å². The molecule has 1 aliphatic rings. The zero-order valence-electron chi connectivity index (χ0n) is 8.37. The molecule has 1 saturated heterocycles. The highest BCUT2D eigenvalue weighted by Crippen LogP contribution is 2.25. The van der Waals surface area contributed by atoms with Crippen molar-refractivity contribution >= 4 is 0 Å². The zero-order valence-corrected chi connectivity index (χ0v) is 8.37. The van der Waals surface area contributed by atoms with Gasteiger partial charge in [0.2, 0.25) is 0 Å². The molecule has 0 aromatic rings. The standard InChI is InChI=1S/C9H18O5/c1-4(2)9-8(13)7(12)6(11)5(3-10)14-9/h4-13H,3H2,1-2H3/t5?,6-,7+,8?,9+/m1/s1. The van der Waals surface area contributed by atoms with E-state index in [1.165, 1.54) is 0 Å². The Morgan fingerprint density at radius 2 is 1.64 bits per heavy atom. The summed E-state index contributed by atoms with van der Waals surface area (Å²) in [5, 5.41) is 37.4. The number of rotatable bonds is 2. The van der Waals surface area contributed by atoms with Crippen molar-refractivity contribution in [2.45, 2.75) is 44.4 Å². The van der Waals surface area contributed by atoms with Gasteiger partial charge >= 0.3 is 0 Å². The largest absolute Gasteiger partial charge is 0.394 e. The molecule has 2 unspecified atom stereocenters. The highest BCUT2D eigenvalue weighted by molar-refractivity contribution is 4.92. The Morgan fingerprint density at radius 3 is 2.07 bits per heavy atom. The van der Waals surface area contributed by atoms with E-state index in [9.17, 15) is 15.3 Å². The fraction of sp³-hybridized carbons (Fsp3) is 1.00. The highest BCUT2D eigenvalue weighted by atomic mass is 16.5. The molecule has 0 spiro atoms. The number of hydrogen-bond donors (Lipinski definition) is 4. The molecular formula is C9H18O5. The summed E-state index contributed by atoms with van der Waals surface area (Å²) in [5.74, 6) is 0.0150. The lowest BCUT2D eigenvalue weighted by Gasteiger charge is -2.41. The van der Waals surface area contributed by atoms with Gasteiger partial charge in [-0.2, -0.15) is 0 Å². The monoisotopic (exact) mass is 206 g/mol. The number of aliphatic hydroxyl groups excluding tert-OH is 4. The average Bonchev–Trinajstić information content (AvgIpc) is 2.14. The van der Waals surface area contributed by atoms with E-state index in [4.69, 9.17) is 9.84 Å². The first-order valence-electron chi connectivity index (χ1n) is 4.79. The van der Waals surface area contributed by atoms with Crippen LogP contribution in [-0.2, 0) is 4.74 Å². The summed E-state index contributed by atoms with van der Waals surface area (Å²) in [6.07, 6.45) is -4.96. The first kappa shape index (κ1) is 11.9. The summed E-state index contributed by atoms with van der Waals surface area (Å²) in [7, 11) is 0. The van der Waals surface area contributed by atoms with Crippen molar-refractivity contribution in [2.75, 3.05) is 6.61 Å². The maximum atomic E-state index is 9.57. The molecule has 84 valence electrons. The predicted octanol–water partition coefficient (Wildman–Crippen LogP) is -1.52. The maximum absolute atomic E-state index is 9.57. The normalized spacial score (nSPS) is 44.4. The number of aliphatic hydroxyl groups is 4. The molecule has 4 N–H and O–H groups in total. The van der Waals surface area contributed by atoms with Crippen LogP contribution in [0.25, 0.3) is 0 Å². The summed E-state index contributed by atoms with van der Waals surface area (Å²) in [6.45, 7) is 3.31. The van der Waals surface area contributed by atoms with Gasteiger partial charge in [-0.15, -0.1) is 0 Å². The van der Waals surface area contributed by atoms with Gasteiger partial charge in [-0.1, -0.05) is 13.8 Å². The van der Waals surface area contributed by atoms with Crippen LogP contribution < -0.4 is 0 Å². The van der Waals surface area contributed by atoms with Crippen LogP contribution in [0.1, 0.15) is 13.8 Å². The second-order valence-corrected chi connectivity index (χ2v) is 4.04. The third kappa shape index (κ3) is 2.07. The Kier molecular flexibility index (Phi) is 3.86. The molecule has 0 aromatic heterocycles. The lowest BCUT2D eigenvalue weighted by Crippen LogP contribution is -2.59. The molecule has 5 heteroatoms. The SMILES string of the molecule is CC(C)[C@@H]1OC(CO)[C@@H](O)[C@H](O)C1O. The Hall–Kier alpha value is -0.200. The van der Waals surface area contributed by atoms with Gasteiger partial charge in [0.1, 0.15) is 24.4 Å². The van der Waals surface area contributed by atoms with Crippen LogP contribution in [0.3, 0.4) is 0 Å². The highest BCUT2D eigenvalue weighted by Gasteiger charge is 2.44. The summed E-state index contributed by atoms with van der Waals surface area (Å²) >= 11 is 0. The van der Waals surface area contributed by atoms with E-state index >= 15 is 0 Å². The van der Waals surface area contributed by atoms with Gasteiger partial charge in [0, 0.05) is 0 Å². The van der Waals surface area contributed by atoms with E-state index in [1.54, 1.807) is 0 Å². The van der Waals surface area contributed by atoms with E-state index in [2.05, 4.69) is 0 Å². The number of hydrogen-bond acceptors (Lipinski definition) is 5. The summed E-state index contributed by atoms with van der Waals surface area (Å²) in [6, 6.07) is 0. The van der Waals surface area contributed by atoms with Crippen LogP contribution in [0.4, 0.5) is 0 Å². The summed E-state index contributed by atoms with van der Waals surface area (Å²) < 4.78 is 5.28. The minimum absolute atomic E-state index is 0.0150. The van der Waals surface area contributed by atoms with E-state index in [0.29, 0.717) is 0 Å². The lowest BCUT2D eigenvalue weighted by molar-refractivity contribution is -0.238. The maximum Gasteiger partial charge on any atom is 0.111 e. The third-order valence-corrected chi connectivity index (χ3v) is 2.59. The van der Waals surface area contributed by atoms with E-state index in [1.807, 2.05) is 13.8 Å². The molecule has 0 radical (unpaired) electrons. The smallest absolute Gasteiger partial charge is 0.111 e. The predicted molar refractivity (Wildman–Crippen MR) is 48.6 cm³/mol. The molecule has 5 nitrogen and oxygen atoms in total. The number of ether oxygens (including phenoxy) is 1. The van der Waals surface area contributed by atoms with Gasteiger partial charge in [0.15, 0.2) is 0 Å². The summed E-state index contributed by atoms with van der Waals surface area (Å²) in [5.41, 5.74) is 0. The Bertz CT molecular complexity index is 182. The van der Waals surface area contributed by atoms with E-state index in [-0.39, 0.29) is 12.5 Å². The van der Waals surface area contributed by atoms with Gasteiger partial charge in [0.05, 0.1) is 12.7 Å². The van der Waals surface area contributed by atoms with Gasteiger partial charge in [-0.3, -0.25) is 0 Å². The fourth-order valence-electron chi connectivity index (χ4n) is 1.68. The van der Waals surface area contributed by atoms with E-state index in [0.717, 1.165) is 0 Å². The second-order valence-electron chi connectivity index (χ2n) is 4.04.